The van der Waals surface area contributed by atoms with Crippen LogP contribution in [-0.4, -0.2) is 34.0 Å². The van der Waals surface area contributed by atoms with Gasteiger partial charge in [0.15, 0.2) is 0 Å². The predicted molar refractivity (Wildman–Crippen MR) is 142 cm³/mol. The highest BCUT2D eigenvalue weighted by molar-refractivity contribution is 5.79. The van der Waals surface area contributed by atoms with Crippen molar-refractivity contribution in [2.45, 2.75) is 72.3 Å². The number of hydrogen-bond donors (Lipinski definition) is 0. The fraction of sp³-hybridized carbons (Fsp3) is 0.483. The third-order valence-electron chi connectivity index (χ3n) is 6.35. The summed E-state index contributed by atoms with van der Waals surface area (Å²) >= 11 is 0. The molecule has 1 atom stereocenters. The summed E-state index contributed by atoms with van der Waals surface area (Å²) in [5.74, 6) is 1.51. The molecule has 0 aliphatic carbocycles. The maximum Gasteiger partial charge on any atom is 0.266 e. The molecule has 35 heavy (non-hydrogen) atoms. The number of nitrogens with zero attached hydrogens (tertiary/aromatic N) is 3. The normalized spacial score (nSPS) is 12.2. The first-order valence-electron chi connectivity index (χ1n) is 12.8. The van der Waals surface area contributed by atoms with Gasteiger partial charge in [0.2, 0.25) is 5.91 Å². The standard InChI is InChI=1S/C29H39N3O3/c1-6-7-8-9-10-19-27(33)31(20-21(2)3)22(4)28-30-24-16-12-11-15-23(24)29(34)32(28)25-17-13-14-18-26(25)35-5/h11-18,21-22H,6-10,19-20H2,1-5H3. The van der Waals surface area contributed by atoms with Crippen LogP contribution in [0, 0.1) is 5.92 Å². The highest BCUT2D eigenvalue weighted by atomic mass is 16.5. The third kappa shape index (κ3) is 6.30. The van der Waals surface area contributed by atoms with Crippen molar-refractivity contribution in [3.63, 3.8) is 0 Å². The number of para-hydroxylation sites is 3. The number of methoxy groups -OCH3 is 1. The summed E-state index contributed by atoms with van der Waals surface area (Å²) in [5, 5.41) is 0.534. The molecule has 3 rings (SSSR count). The highest BCUT2D eigenvalue weighted by Crippen LogP contribution is 2.28. The summed E-state index contributed by atoms with van der Waals surface area (Å²) in [7, 11) is 1.59. The van der Waals surface area contributed by atoms with Gasteiger partial charge in [-0.05, 0) is 43.5 Å². The van der Waals surface area contributed by atoms with E-state index in [1.165, 1.54) is 12.8 Å². The zero-order valence-electron chi connectivity index (χ0n) is 21.8. The Balaban J connectivity index is 2.09. The second-order valence-electron chi connectivity index (χ2n) is 9.58. The number of hydrogen-bond acceptors (Lipinski definition) is 4. The lowest BCUT2D eigenvalue weighted by Crippen LogP contribution is -2.39. The zero-order valence-corrected chi connectivity index (χ0v) is 21.8. The summed E-state index contributed by atoms with van der Waals surface area (Å²) in [5.41, 5.74) is 1.08. The third-order valence-corrected chi connectivity index (χ3v) is 6.35. The summed E-state index contributed by atoms with van der Waals surface area (Å²) in [4.78, 5) is 34.0. The minimum atomic E-state index is -0.386. The number of fused-ring (bicyclic) bond motifs is 1. The maximum atomic E-state index is 13.8. The lowest BCUT2D eigenvalue weighted by atomic mass is 10.1. The lowest BCUT2D eigenvalue weighted by molar-refractivity contribution is -0.134. The van der Waals surface area contributed by atoms with Crippen LogP contribution in [0.2, 0.25) is 0 Å². The van der Waals surface area contributed by atoms with Crippen LogP contribution in [0.25, 0.3) is 16.6 Å². The fourth-order valence-electron chi connectivity index (χ4n) is 4.51. The molecule has 0 saturated carbocycles. The first-order chi connectivity index (χ1) is 16.9. The van der Waals surface area contributed by atoms with Gasteiger partial charge in [-0.25, -0.2) is 4.98 Å². The number of amides is 1. The number of ether oxygens (including phenoxy) is 1. The summed E-state index contributed by atoms with van der Waals surface area (Å²) in [6.45, 7) is 8.98. The van der Waals surface area contributed by atoms with Crippen molar-refractivity contribution in [1.29, 1.82) is 0 Å². The summed E-state index contributed by atoms with van der Waals surface area (Å²) in [6, 6.07) is 14.4. The second-order valence-corrected chi connectivity index (χ2v) is 9.58. The van der Waals surface area contributed by atoms with Gasteiger partial charge in [-0.1, -0.05) is 70.7 Å². The Morgan fingerprint density at radius 1 is 1.00 bits per heavy atom. The van der Waals surface area contributed by atoms with E-state index in [2.05, 4.69) is 20.8 Å². The van der Waals surface area contributed by atoms with Crippen molar-refractivity contribution < 1.29 is 9.53 Å². The van der Waals surface area contributed by atoms with E-state index in [9.17, 15) is 9.59 Å². The molecule has 188 valence electrons. The predicted octanol–water partition coefficient (Wildman–Crippen LogP) is 6.30. The molecule has 1 aromatic heterocycles. The molecular formula is C29H39N3O3. The fourth-order valence-corrected chi connectivity index (χ4v) is 4.51. The average Bonchev–Trinajstić information content (AvgIpc) is 2.86. The van der Waals surface area contributed by atoms with E-state index < -0.39 is 0 Å². The van der Waals surface area contributed by atoms with Gasteiger partial charge in [-0.3, -0.25) is 14.2 Å². The second kappa shape index (κ2) is 12.5. The largest absolute Gasteiger partial charge is 0.495 e. The molecule has 0 N–H and O–H groups in total. The molecule has 1 amide bonds. The monoisotopic (exact) mass is 477 g/mol. The van der Waals surface area contributed by atoms with E-state index >= 15 is 0 Å². The maximum absolute atomic E-state index is 13.8. The van der Waals surface area contributed by atoms with Crippen LogP contribution in [0.1, 0.15) is 78.1 Å². The molecule has 3 aromatic rings. The highest BCUT2D eigenvalue weighted by Gasteiger charge is 2.28. The van der Waals surface area contributed by atoms with Gasteiger partial charge in [-0.15, -0.1) is 0 Å². The van der Waals surface area contributed by atoms with Crippen molar-refractivity contribution in [3.8, 4) is 11.4 Å². The number of carbonyl (C=O) groups excluding carboxylic acids is 1. The zero-order chi connectivity index (χ0) is 25.4. The minimum absolute atomic E-state index is 0.108. The summed E-state index contributed by atoms with van der Waals surface area (Å²) < 4.78 is 7.21. The van der Waals surface area contributed by atoms with Crippen LogP contribution >= 0.6 is 0 Å². The van der Waals surface area contributed by atoms with Gasteiger partial charge < -0.3 is 9.64 Å². The van der Waals surface area contributed by atoms with Gasteiger partial charge in [0, 0.05) is 13.0 Å². The molecule has 0 spiro atoms. The van der Waals surface area contributed by atoms with E-state index in [1.807, 2.05) is 54.3 Å². The first kappa shape index (κ1) is 26.5. The van der Waals surface area contributed by atoms with Crippen LogP contribution < -0.4 is 10.3 Å². The Morgan fingerprint density at radius 2 is 1.69 bits per heavy atom. The smallest absolute Gasteiger partial charge is 0.266 e. The quantitative estimate of drug-likeness (QED) is 0.287. The Bertz CT molecular complexity index is 1190. The van der Waals surface area contributed by atoms with Crippen molar-refractivity contribution >= 4 is 16.8 Å². The van der Waals surface area contributed by atoms with Crippen molar-refractivity contribution in [1.82, 2.24) is 14.5 Å². The average molecular weight is 478 g/mol. The number of unbranched alkanes of at least 4 members (excludes halogenated alkanes) is 4. The molecule has 6 heteroatoms. The van der Waals surface area contributed by atoms with Gasteiger partial charge in [0.05, 0.1) is 29.7 Å². The molecule has 1 heterocycles. The van der Waals surface area contributed by atoms with Crippen LogP contribution in [0.4, 0.5) is 0 Å². The van der Waals surface area contributed by atoms with Crippen molar-refractivity contribution in [2.24, 2.45) is 5.92 Å². The lowest BCUT2D eigenvalue weighted by Gasteiger charge is -2.32. The van der Waals surface area contributed by atoms with Crippen molar-refractivity contribution in [3.05, 3.63) is 64.7 Å². The van der Waals surface area contributed by atoms with Crippen LogP contribution in [0.3, 0.4) is 0 Å². The van der Waals surface area contributed by atoms with Gasteiger partial charge in [-0.2, -0.15) is 0 Å². The minimum Gasteiger partial charge on any atom is -0.495 e. The van der Waals surface area contributed by atoms with Gasteiger partial charge >= 0.3 is 0 Å². The van der Waals surface area contributed by atoms with E-state index in [0.29, 0.717) is 41.1 Å². The molecule has 1 unspecified atom stereocenters. The number of carbonyl (C=O) groups is 1. The Hall–Kier alpha value is -3.15. The summed E-state index contributed by atoms with van der Waals surface area (Å²) in [6.07, 6.45) is 5.98. The molecule has 0 aliphatic rings. The number of aromatic nitrogens is 2. The molecule has 0 aliphatic heterocycles. The Kier molecular flexibility index (Phi) is 9.47. The molecule has 0 radical (unpaired) electrons. The van der Waals surface area contributed by atoms with Gasteiger partial charge in [0.25, 0.3) is 5.56 Å². The van der Waals surface area contributed by atoms with Gasteiger partial charge in [0.1, 0.15) is 11.6 Å². The van der Waals surface area contributed by atoms with Crippen LogP contribution in [0.15, 0.2) is 53.3 Å². The molecule has 0 bridgehead atoms. The Morgan fingerprint density at radius 3 is 2.40 bits per heavy atom. The molecule has 2 aromatic carbocycles. The molecule has 0 saturated heterocycles. The van der Waals surface area contributed by atoms with Crippen LogP contribution in [-0.2, 0) is 4.79 Å². The Labute approximate surface area is 208 Å². The molecular weight excluding hydrogens is 438 g/mol. The van der Waals surface area contributed by atoms with E-state index in [-0.39, 0.29) is 23.4 Å². The van der Waals surface area contributed by atoms with E-state index in [0.717, 1.165) is 19.3 Å². The van der Waals surface area contributed by atoms with E-state index in [4.69, 9.17) is 9.72 Å². The molecule has 0 fully saturated rings. The topological polar surface area (TPSA) is 64.4 Å². The van der Waals surface area contributed by atoms with Crippen molar-refractivity contribution in [2.75, 3.05) is 13.7 Å². The first-order valence-corrected chi connectivity index (χ1v) is 12.8. The number of rotatable bonds is 12. The number of benzene rings is 2. The van der Waals surface area contributed by atoms with E-state index in [1.54, 1.807) is 17.7 Å². The SMILES string of the molecule is CCCCCCCC(=O)N(CC(C)C)C(C)c1nc2ccccc2c(=O)n1-c1ccccc1OC. The molecule has 6 nitrogen and oxygen atoms in total. The van der Waals surface area contributed by atoms with Crippen LogP contribution in [0.5, 0.6) is 5.75 Å².